The largest absolute Gasteiger partial charge is 0.417 e. The molecule has 0 heterocycles. The fraction of sp³-hybridized carbons (Fsp3) is 0.222. The Balaban J connectivity index is 0.00000222. The number of carbonyl (C=O) groups excluding carboxylic acids is 1. The third kappa shape index (κ3) is 7.59. The maximum Gasteiger partial charge on any atom is 0.417 e. The number of halogens is 3. The van der Waals surface area contributed by atoms with Gasteiger partial charge in [0.25, 0.3) is 5.91 Å². The van der Waals surface area contributed by atoms with Crippen molar-refractivity contribution in [3.05, 3.63) is 95.1 Å². The molecule has 1 amide bonds. The van der Waals surface area contributed by atoms with Crippen LogP contribution in [-0.2, 0) is 17.5 Å². The number of aliphatic hydroxyl groups is 1. The summed E-state index contributed by atoms with van der Waals surface area (Å²) in [6.07, 6.45) is -6.35. The maximum absolute atomic E-state index is 13.2. The van der Waals surface area contributed by atoms with Crippen LogP contribution in [0.3, 0.4) is 0 Å². The van der Waals surface area contributed by atoms with Crippen molar-refractivity contribution in [2.24, 2.45) is 0 Å². The van der Waals surface area contributed by atoms with Crippen LogP contribution in [0.2, 0.25) is 0 Å². The molecule has 36 heavy (non-hydrogen) atoms. The van der Waals surface area contributed by atoms with Crippen molar-refractivity contribution in [1.29, 1.82) is 10.5 Å². The summed E-state index contributed by atoms with van der Waals surface area (Å²) in [4.78, 5) is 14.3. The van der Waals surface area contributed by atoms with Crippen LogP contribution in [0.15, 0.2) is 72.8 Å². The number of amides is 1. The number of rotatable bonds is 7. The van der Waals surface area contributed by atoms with Crippen molar-refractivity contribution in [3.8, 4) is 12.1 Å². The highest BCUT2D eigenvalue weighted by atomic mass is 19.4. The van der Waals surface area contributed by atoms with E-state index in [1.165, 1.54) is 12.1 Å². The van der Waals surface area contributed by atoms with Crippen molar-refractivity contribution in [2.45, 2.75) is 32.7 Å². The highest BCUT2D eigenvalue weighted by Gasteiger charge is 2.34. The van der Waals surface area contributed by atoms with Gasteiger partial charge in [-0.3, -0.25) is 4.79 Å². The molecular formula is C27H25F3N4O2. The van der Waals surface area contributed by atoms with E-state index in [0.717, 1.165) is 11.6 Å². The fourth-order valence-corrected chi connectivity index (χ4v) is 3.28. The normalized spacial score (nSPS) is 11.2. The number of benzene rings is 3. The number of nitriles is 2. The first-order valence-electron chi connectivity index (χ1n) is 11.1. The number of nitrogens with one attached hydrogen (secondary N) is 1. The molecule has 0 aliphatic heterocycles. The third-order valence-electron chi connectivity index (χ3n) is 4.99. The van der Waals surface area contributed by atoms with Crippen molar-refractivity contribution < 1.29 is 23.1 Å². The Bertz CT molecular complexity index is 1230. The van der Waals surface area contributed by atoms with Crippen molar-refractivity contribution in [3.63, 3.8) is 0 Å². The van der Waals surface area contributed by atoms with Crippen molar-refractivity contribution >= 4 is 17.3 Å². The number of nitrogens with zero attached hydrogens (tertiary/aromatic N) is 3. The molecule has 0 bridgehead atoms. The fourth-order valence-electron chi connectivity index (χ4n) is 3.28. The average molecular weight is 495 g/mol. The molecule has 1 unspecified atom stereocenters. The number of anilines is 2. The summed E-state index contributed by atoms with van der Waals surface area (Å²) in [5.74, 6) is -0.899. The van der Waals surface area contributed by atoms with E-state index in [9.17, 15) is 23.1 Å². The lowest BCUT2D eigenvalue weighted by molar-refractivity contribution is -0.137. The van der Waals surface area contributed by atoms with Crippen LogP contribution in [0.1, 0.15) is 36.1 Å². The first-order chi connectivity index (χ1) is 17.2. The summed E-state index contributed by atoms with van der Waals surface area (Å²) >= 11 is 0. The first kappa shape index (κ1) is 27.9. The highest BCUT2D eigenvalue weighted by Crippen LogP contribution is 2.33. The number of hydrogen-bond acceptors (Lipinski definition) is 5. The lowest BCUT2D eigenvalue weighted by Gasteiger charge is -2.27. The van der Waals surface area contributed by atoms with E-state index in [2.05, 4.69) is 5.32 Å². The van der Waals surface area contributed by atoms with E-state index in [1.807, 2.05) is 50.2 Å². The average Bonchev–Trinajstić information content (AvgIpc) is 2.89. The van der Waals surface area contributed by atoms with Gasteiger partial charge in [0.05, 0.1) is 35.4 Å². The summed E-state index contributed by atoms with van der Waals surface area (Å²) in [5, 5.41) is 30.7. The van der Waals surface area contributed by atoms with Crippen LogP contribution in [-0.4, -0.2) is 23.7 Å². The minimum absolute atomic E-state index is 0.158. The molecule has 0 aliphatic carbocycles. The highest BCUT2D eigenvalue weighted by molar-refractivity contribution is 5.94. The number of aliphatic hydroxyl groups excluding tert-OH is 1. The predicted octanol–water partition coefficient (Wildman–Crippen LogP) is 5.48. The van der Waals surface area contributed by atoms with E-state index in [1.54, 1.807) is 29.2 Å². The van der Waals surface area contributed by atoms with Crippen LogP contribution in [0.5, 0.6) is 0 Å². The smallest absolute Gasteiger partial charge is 0.381 e. The minimum Gasteiger partial charge on any atom is -0.381 e. The summed E-state index contributed by atoms with van der Waals surface area (Å²) in [7, 11) is 0. The topological polar surface area (TPSA) is 100 Å². The van der Waals surface area contributed by atoms with E-state index >= 15 is 0 Å². The molecule has 0 saturated carbocycles. The maximum atomic E-state index is 13.2. The van der Waals surface area contributed by atoms with E-state index in [0.29, 0.717) is 23.9 Å². The van der Waals surface area contributed by atoms with E-state index in [4.69, 9.17) is 10.5 Å². The molecule has 0 aromatic heterocycles. The van der Waals surface area contributed by atoms with Gasteiger partial charge in [0.2, 0.25) is 0 Å². The first-order valence-corrected chi connectivity index (χ1v) is 11.1. The van der Waals surface area contributed by atoms with Crippen molar-refractivity contribution in [1.82, 2.24) is 0 Å². The summed E-state index contributed by atoms with van der Waals surface area (Å²) in [5.41, 5.74) is 0.0617. The van der Waals surface area contributed by atoms with Crippen LogP contribution >= 0.6 is 0 Å². The zero-order chi connectivity index (χ0) is 26.7. The zero-order valence-electron chi connectivity index (χ0n) is 19.8. The zero-order valence-corrected chi connectivity index (χ0v) is 19.8. The van der Waals surface area contributed by atoms with Crippen LogP contribution in [0.25, 0.3) is 0 Å². The molecule has 3 aromatic carbocycles. The van der Waals surface area contributed by atoms with Gasteiger partial charge in [-0.25, -0.2) is 0 Å². The Labute approximate surface area is 207 Å². The SMILES string of the molecule is CC.N#Cc1ccc(N(Cc2ccccc2)CC(O)C(=O)Nc2ccc(C#N)c(C(F)(F)F)c2)cc1. The Hall–Kier alpha value is -4.34. The van der Waals surface area contributed by atoms with Gasteiger partial charge in [-0.2, -0.15) is 23.7 Å². The number of alkyl halides is 3. The van der Waals surface area contributed by atoms with Gasteiger partial charge < -0.3 is 15.3 Å². The van der Waals surface area contributed by atoms with Crippen LogP contribution in [0, 0.1) is 22.7 Å². The number of carbonyl (C=O) groups is 1. The van der Waals surface area contributed by atoms with Crippen LogP contribution in [0.4, 0.5) is 24.5 Å². The van der Waals surface area contributed by atoms with Gasteiger partial charge >= 0.3 is 6.18 Å². The second-order valence-electron chi connectivity index (χ2n) is 7.40. The molecule has 3 rings (SSSR count). The monoisotopic (exact) mass is 494 g/mol. The summed E-state index contributed by atoms with van der Waals surface area (Å²) < 4.78 is 39.6. The Morgan fingerprint density at radius 1 is 1.00 bits per heavy atom. The second kappa shape index (κ2) is 12.9. The quantitative estimate of drug-likeness (QED) is 0.453. The molecule has 9 heteroatoms. The molecule has 186 valence electrons. The molecule has 2 N–H and O–H groups in total. The van der Waals surface area contributed by atoms with Gasteiger partial charge in [-0.1, -0.05) is 44.2 Å². The van der Waals surface area contributed by atoms with Gasteiger partial charge in [0, 0.05) is 17.9 Å². The molecule has 0 spiro atoms. The summed E-state index contributed by atoms with van der Waals surface area (Å²) in [6, 6.07) is 22.1. The van der Waals surface area contributed by atoms with Gasteiger partial charge in [0.1, 0.15) is 0 Å². The third-order valence-corrected chi connectivity index (χ3v) is 4.99. The molecule has 0 fully saturated rings. The van der Waals surface area contributed by atoms with Gasteiger partial charge in [-0.15, -0.1) is 0 Å². The lowest BCUT2D eigenvalue weighted by atomic mass is 10.1. The molecule has 1 atom stereocenters. The lowest BCUT2D eigenvalue weighted by Crippen LogP contribution is -2.39. The minimum atomic E-state index is -4.77. The second-order valence-corrected chi connectivity index (χ2v) is 7.40. The Morgan fingerprint density at radius 3 is 2.19 bits per heavy atom. The van der Waals surface area contributed by atoms with Gasteiger partial charge in [0.15, 0.2) is 6.10 Å². The molecule has 0 aliphatic rings. The van der Waals surface area contributed by atoms with Gasteiger partial charge in [-0.05, 0) is 48.0 Å². The molecule has 0 saturated heterocycles. The van der Waals surface area contributed by atoms with E-state index < -0.39 is 29.3 Å². The van der Waals surface area contributed by atoms with Crippen molar-refractivity contribution in [2.75, 3.05) is 16.8 Å². The van der Waals surface area contributed by atoms with E-state index in [-0.39, 0.29) is 12.2 Å². The number of hydrogen-bond donors (Lipinski definition) is 2. The molecule has 0 radical (unpaired) electrons. The summed E-state index contributed by atoms with van der Waals surface area (Å²) in [6.45, 7) is 4.18. The molecule has 3 aromatic rings. The Morgan fingerprint density at radius 2 is 1.64 bits per heavy atom. The predicted molar refractivity (Wildman–Crippen MR) is 131 cm³/mol. The molecule has 6 nitrogen and oxygen atoms in total. The Kier molecular flexibility index (Phi) is 10.0. The molecular weight excluding hydrogens is 469 g/mol. The van der Waals surface area contributed by atoms with Crippen LogP contribution < -0.4 is 10.2 Å². The standard InChI is InChI=1S/C25H19F3N4O2.C2H6/c26-25(27,28)22-12-20(9-8-19(22)14-30)31-24(34)23(33)16-32(15-18-4-2-1-3-5-18)21-10-6-17(13-29)7-11-21;1-2/h1-12,23,33H,15-16H2,(H,31,34);1-2H3.